The van der Waals surface area contributed by atoms with Crippen molar-refractivity contribution in [3.63, 3.8) is 0 Å². The second-order valence-corrected chi connectivity index (χ2v) is 7.24. The molecule has 0 spiro atoms. The van der Waals surface area contributed by atoms with Gasteiger partial charge in [-0.15, -0.1) is 0 Å². The van der Waals surface area contributed by atoms with Crippen molar-refractivity contribution in [1.29, 1.82) is 0 Å². The molecule has 19 heavy (non-hydrogen) atoms. The minimum atomic E-state index is -1.11. The first-order valence-corrected chi connectivity index (χ1v) is 7.63. The normalized spacial score (nSPS) is 51.4. The quantitative estimate of drug-likeness (QED) is 0.744. The molecule has 1 atom stereocenters. The van der Waals surface area contributed by atoms with E-state index in [4.69, 9.17) is 0 Å². The molecular weight excluding hydrogens is 242 g/mol. The highest BCUT2D eigenvalue weighted by Crippen LogP contribution is 2.62. The summed E-state index contributed by atoms with van der Waals surface area (Å²) >= 11 is 0. The van der Waals surface area contributed by atoms with E-state index in [0.29, 0.717) is 24.8 Å². The van der Waals surface area contributed by atoms with E-state index in [1.165, 1.54) is 32.1 Å². The average molecular weight is 263 g/mol. The van der Waals surface area contributed by atoms with Crippen LogP contribution in [0.15, 0.2) is 0 Å². The van der Waals surface area contributed by atoms with Crippen molar-refractivity contribution < 1.29 is 14.7 Å². The molecule has 4 bridgehead atoms. The molecule has 4 heteroatoms. The third kappa shape index (κ3) is 1.40. The van der Waals surface area contributed by atoms with Crippen LogP contribution in [-0.4, -0.2) is 23.5 Å². The summed E-state index contributed by atoms with van der Waals surface area (Å²) in [5, 5.41) is 12.5. The first kappa shape index (κ1) is 11.7. The van der Waals surface area contributed by atoms with E-state index >= 15 is 0 Å². The summed E-state index contributed by atoms with van der Waals surface area (Å²) in [5.41, 5.74) is -1.11. The number of carboxylic acids is 1. The maximum Gasteiger partial charge on any atom is 0.319 e. The highest BCUT2D eigenvalue weighted by atomic mass is 16.4. The van der Waals surface area contributed by atoms with Crippen LogP contribution in [0.5, 0.6) is 0 Å². The molecule has 0 aromatic heterocycles. The van der Waals surface area contributed by atoms with Gasteiger partial charge in [-0.1, -0.05) is 0 Å². The Hall–Kier alpha value is -1.06. The molecule has 5 aliphatic rings. The number of hydrogen-bond donors (Lipinski definition) is 2. The van der Waals surface area contributed by atoms with Crippen molar-refractivity contribution in [1.82, 2.24) is 5.32 Å². The van der Waals surface area contributed by atoms with Crippen molar-refractivity contribution in [2.24, 2.45) is 35.0 Å². The van der Waals surface area contributed by atoms with Crippen molar-refractivity contribution >= 4 is 11.9 Å². The second-order valence-electron chi connectivity index (χ2n) is 7.24. The molecule has 1 aliphatic heterocycles. The second kappa shape index (κ2) is 3.74. The smallest absolute Gasteiger partial charge is 0.319 e. The minimum absolute atomic E-state index is 0.0975. The monoisotopic (exact) mass is 263 g/mol. The van der Waals surface area contributed by atoms with Crippen LogP contribution in [0.1, 0.15) is 38.5 Å². The number of carbonyl (C=O) groups excluding carboxylic acids is 1. The number of hydrogen-bond acceptors (Lipinski definition) is 2. The Morgan fingerprint density at radius 2 is 1.68 bits per heavy atom. The van der Waals surface area contributed by atoms with Gasteiger partial charge in [0.1, 0.15) is 0 Å². The molecule has 1 heterocycles. The van der Waals surface area contributed by atoms with Gasteiger partial charge in [0, 0.05) is 6.54 Å². The van der Waals surface area contributed by atoms with Crippen LogP contribution in [0, 0.1) is 35.0 Å². The molecule has 5 fully saturated rings. The lowest BCUT2D eigenvalue weighted by Crippen LogP contribution is -2.57. The van der Waals surface area contributed by atoms with Crippen LogP contribution in [0.25, 0.3) is 0 Å². The van der Waals surface area contributed by atoms with Gasteiger partial charge in [0.2, 0.25) is 5.91 Å². The number of amides is 1. The molecule has 4 aliphatic carbocycles. The highest BCUT2D eigenvalue weighted by molar-refractivity contribution is 6.03. The number of carboxylic acid groups (broad SMARTS) is 1. The molecule has 0 aromatic carbocycles. The molecule has 1 saturated heterocycles. The zero-order chi connectivity index (χ0) is 13.2. The van der Waals surface area contributed by atoms with Crippen LogP contribution >= 0.6 is 0 Å². The molecule has 2 N–H and O–H groups in total. The van der Waals surface area contributed by atoms with E-state index in [1.807, 2.05) is 0 Å². The number of nitrogens with one attached hydrogen (secondary N) is 1. The van der Waals surface area contributed by atoms with Crippen molar-refractivity contribution in [3.05, 3.63) is 0 Å². The van der Waals surface area contributed by atoms with Gasteiger partial charge in [-0.05, 0) is 68.1 Å². The van der Waals surface area contributed by atoms with E-state index in [2.05, 4.69) is 5.32 Å². The van der Waals surface area contributed by atoms with Crippen LogP contribution in [0.2, 0.25) is 0 Å². The van der Waals surface area contributed by atoms with Crippen molar-refractivity contribution in [2.45, 2.75) is 38.5 Å². The van der Waals surface area contributed by atoms with Crippen molar-refractivity contribution in [3.8, 4) is 0 Å². The molecule has 1 amide bonds. The van der Waals surface area contributed by atoms with Gasteiger partial charge in [-0.25, -0.2) is 0 Å². The van der Waals surface area contributed by atoms with Crippen molar-refractivity contribution in [2.75, 3.05) is 6.54 Å². The lowest BCUT2D eigenvalue weighted by atomic mass is 9.46. The fraction of sp³-hybridized carbons (Fsp3) is 0.867. The Morgan fingerprint density at radius 1 is 1.11 bits per heavy atom. The molecule has 1 unspecified atom stereocenters. The molecule has 0 aromatic rings. The largest absolute Gasteiger partial charge is 0.480 e. The molecule has 5 rings (SSSR count). The van der Waals surface area contributed by atoms with Gasteiger partial charge < -0.3 is 10.4 Å². The SMILES string of the molecule is O=C(O)C1(C2C3CC4CC(C3)CC2C4)CCNC1=O. The molecule has 0 radical (unpaired) electrons. The third-order valence-electron chi connectivity index (χ3n) is 6.39. The molecular formula is C15H21NO3. The predicted molar refractivity (Wildman–Crippen MR) is 68.2 cm³/mol. The van der Waals surface area contributed by atoms with Gasteiger partial charge in [0.25, 0.3) is 0 Å². The standard InChI is InChI=1S/C15H21NO3/c17-13-15(14(18)19,1-2-16-13)12-10-4-8-3-9(6-10)7-11(12)5-8/h8-12H,1-7H2,(H,16,17)(H,18,19). The van der Waals surface area contributed by atoms with Crippen LogP contribution in [0.4, 0.5) is 0 Å². The number of rotatable bonds is 2. The maximum atomic E-state index is 12.3. The third-order valence-corrected chi connectivity index (χ3v) is 6.39. The summed E-state index contributed by atoms with van der Waals surface area (Å²) < 4.78 is 0. The Bertz CT molecular complexity index is 419. The number of aliphatic carboxylic acids is 1. The van der Waals surface area contributed by atoms with Gasteiger partial charge >= 0.3 is 5.97 Å². The van der Waals surface area contributed by atoms with Gasteiger partial charge in [-0.3, -0.25) is 9.59 Å². The van der Waals surface area contributed by atoms with E-state index in [-0.39, 0.29) is 11.8 Å². The Morgan fingerprint density at radius 3 is 2.11 bits per heavy atom. The first-order valence-electron chi connectivity index (χ1n) is 7.63. The molecule has 104 valence electrons. The molecule has 4 nitrogen and oxygen atoms in total. The van der Waals surface area contributed by atoms with E-state index in [9.17, 15) is 14.7 Å². The zero-order valence-electron chi connectivity index (χ0n) is 11.1. The Balaban J connectivity index is 1.74. The first-order chi connectivity index (χ1) is 9.11. The predicted octanol–water partition coefficient (Wildman–Crippen LogP) is 1.65. The lowest BCUT2D eigenvalue weighted by molar-refractivity contribution is -0.171. The summed E-state index contributed by atoms with van der Waals surface area (Å²) in [5.74, 6) is 1.60. The topological polar surface area (TPSA) is 66.4 Å². The van der Waals surface area contributed by atoms with E-state index in [0.717, 1.165) is 11.8 Å². The van der Waals surface area contributed by atoms with Gasteiger partial charge in [0.05, 0.1) is 0 Å². The maximum absolute atomic E-state index is 12.3. The number of carbonyl (C=O) groups is 2. The van der Waals surface area contributed by atoms with Crippen LogP contribution in [0.3, 0.4) is 0 Å². The molecule has 4 saturated carbocycles. The van der Waals surface area contributed by atoms with E-state index in [1.54, 1.807) is 0 Å². The fourth-order valence-electron chi connectivity index (χ4n) is 6.04. The highest BCUT2D eigenvalue weighted by Gasteiger charge is 2.63. The minimum Gasteiger partial charge on any atom is -0.480 e. The summed E-state index contributed by atoms with van der Waals surface area (Å²) in [4.78, 5) is 24.2. The van der Waals surface area contributed by atoms with Gasteiger partial charge in [0.15, 0.2) is 5.41 Å². The summed E-state index contributed by atoms with van der Waals surface area (Å²) in [7, 11) is 0. The summed E-state index contributed by atoms with van der Waals surface area (Å²) in [6, 6.07) is 0. The van der Waals surface area contributed by atoms with Crippen LogP contribution < -0.4 is 5.32 Å². The zero-order valence-corrected chi connectivity index (χ0v) is 11.1. The average Bonchev–Trinajstić information content (AvgIpc) is 2.71. The fourth-order valence-corrected chi connectivity index (χ4v) is 6.04. The lowest BCUT2D eigenvalue weighted by Gasteiger charge is -2.57. The Labute approximate surface area is 112 Å². The van der Waals surface area contributed by atoms with Gasteiger partial charge in [-0.2, -0.15) is 0 Å². The van der Waals surface area contributed by atoms with E-state index < -0.39 is 11.4 Å². The summed E-state index contributed by atoms with van der Waals surface area (Å²) in [6.07, 6.45) is 6.51. The summed E-state index contributed by atoms with van der Waals surface area (Å²) in [6.45, 7) is 0.536. The Kier molecular flexibility index (Phi) is 2.31. The van der Waals surface area contributed by atoms with Crippen LogP contribution in [-0.2, 0) is 9.59 Å².